The van der Waals surface area contributed by atoms with Crippen molar-refractivity contribution in [2.45, 2.75) is 19.5 Å². The molecule has 2 aromatic rings. The number of nitrogens with one attached hydrogen (secondary N) is 1. The van der Waals surface area contributed by atoms with Gasteiger partial charge in [-0.3, -0.25) is 0 Å². The molecule has 4 heteroatoms. The first-order valence-electron chi connectivity index (χ1n) is 5.37. The second kappa shape index (κ2) is 5.87. The topological polar surface area (TPSA) is 12.0 Å². The van der Waals surface area contributed by atoms with E-state index in [4.69, 9.17) is 23.2 Å². The van der Waals surface area contributed by atoms with Gasteiger partial charge in [0.2, 0.25) is 0 Å². The summed E-state index contributed by atoms with van der Waals surface area (Å²) >= 11 is 13.9. The van der Waals surface area contributed by atoms with E-state index in [1.165, 1.54) is 5.56 Å². The van der Waals surface area contributed by atoms with Crippen LogP contribution < -0.4 is 5.32 Å². The summed E-state index contributed by atoms with van der Waals surface area (Å²) in [5, 5.41) is 9.07. The zero-order chi connectivity index (χ0) is 12.3. The Morgan fingerprint density at radius 2 is 1.94 bits per heavy atom. The van der Waals surface area contributed by atoms with Crippen LogP contribution in [0, 0.1) is 0 Å². The number of hydrogen-bond acceptors (Lipinski definition) is 2. The molecule has 1 atom stereocenters. The maximum atomic E-state index is 6.12. The lowest BCUT2D eigenvalue weighted by Gasteiger charge is -2.14. The maximum absolute atomic E-state index is 6.12. The molecule has 0 aliphatic carbocycles. The fraction of sp³-hybridized carbons (Fsp3) is 0.231. The van der Waals surface area contributed by atoms with E-state index < -0.39 is 0 Å². The molecule has 0 amide bonds. The van der Waals surface area contributed by atoms with Crippen molar-refractivity contribution in [1.82, 2.24) is 5.32 Å². The Balaban J connectivity index is 2.03. The molecule has 0 aliphatic heterocycles. The van der Waals surface area contributed by atoms with Gasteiger partial charge >= 0.3 is 0 Å². The summed E-state index contributed by atoms with van der Waals surface area (Å²) in [5.74, 6) is 0. The van der Waals surface area contributed by atoms with Crippen LogP contribution in [0.5, 0.6) is 0 Å². The molecule has 1 unspecified atom stereocenters. The molecular formula is C13H13Cl2NS. The summed E-state index contributed by atoms with van der Waals surface area (Å²) < 4.78 is 0. The van der Waals surface area contributed by atoms with Gasteiger partial charge in [-0.25, -0.2) is 0 Å². The first kappa shape index (κ1) is 12.9. The highest BCUT2D eigenvalue weighted by Crippen LogP contribution is 2.25. The Morgan fingerprint density at radius 1 is 1.24 bits per heavy atom. The molecule has 90 valence electrons. The Hall–Kier alpha value is -0.540. The summed E-state index contributed by atoms with van der Waals surface area (Å²) in [4.78, 5) is 0. The van der Waals surface area contributed by atoms with E-state index in [-0.39, 0.29) is 0 Å². The fourth-order valence-corrected chi connectivity index (χ4v) is 2.88. The zero-order valence-electron chi connectivity index (χ0n) is 9.41. The lowest BCUT2D eigenvalue weighted by atomic mass is 10.1. The molecule has 1 aromatic carbocycles. The Labute approximate surface area is 115 Å². The number of halogens is 2. The molecule has 0 spiro atoms. The van der Waals surface area contributed by atoms with Crippen LogP contribution in [0.4, 0.5) is 0 Å². The van der Waals surface area contributed by atoms with Crippen molar-refractivity contribution < 1.29 is 0 Å². The van der Waals surface area contributed by atoms with Crippen LogP contribution in [0.1, 0.15) is 24.1 Å². The molecule has 1 heterocycles. The number of benzene rings is 1. The minimum absolute atomic E-state index is 0.300. The van der Waals surface area contributed by atoms with Gasteiger partial charge < -0.3 is 5.32 Å². The quantitative estimate of drug-likeness (QED) is 0.842. The number of rotatable bonds is 4. The molecule has 0 saturated heterocycles. The lowest BCUT2D eigenvalue weighted by Crippen LogP contribution is -2.18. The molecule has 0 aliphatic rings. The second-order valence-electron chi connectivity index (χ2n) is 3.86. The predicted molar refractivity (Wildman–Crippen MR) is 76.0 cm³/mol. The van der Waals surface area contributed by atoms with Crippen LogP contribution in [0.3, 0.4) is 0 Å². The van der Waals surface area contributed by atoms with Gasteiger partial charge in [0.25, 0.3) is 0 Å². The Bertz CT molecular complexity index is 462. The summed E-state index contributed by atoms with van der Waals surface area (Å²) in [6.07, 6.45) is 0. The SMILES string of the molecule is CC(NCc1c(Cl)cccc1Cl)c1ccsc1. The van der Waals surface area contributed by atoms with E-state index in [9.17, 15) is 0 Å². The average molecular weight is 286 g/mol. The van der Waals surface area contributed by atoms with Crippen molar-refractivity contribution in [3.05, 3.63) is 56.2 Å². The van der Waals surface area contributed by atoms with Crippen LogP contribution in [-0.2, 0) is 6.54 Å². The van der Waals surface area contributed by atoms with Gasteiger partial charge in [0.05, 0.1) is 0 Å². The molecule has 1 N–H and O–H groups in total. The maximum Gasteiger partial charge on any atom is 0.0465 e. The average Bonchev–Trinajstić information content (AvgIpc) is 2.81. The molecule has 0 bridgehead atoms. The molecule has 1 nitrogen and oxygen atoms in total. The van der Waals surface area contributed by atoms with Crippen molar-refractivity contribution in [3.8, 4) is 0 Å². The van der Waals surface area contributed by atoms with Gasteiger partial charge in [-0.15, -0.1) is 0 Å². The van der Waals surface area contributed by atoms with Gasteiger partial charge in [0, 0.05) is 28.2 Å². The summed E-state index contributed by atoms with van der Waals surface area (Å²) in [6, 6.07) is 8.00. The highest BCUT2D eigenvalue weighted by molar-refractivity contribution is 7.07. The van der Waals surface area contributed by atoms with Gasteiger partial charge in [-0.1, -0.05) is 29.3 Å². The molecular weight excluding hydrogens is 273 g/mol. The van der Waals surface area contributed by atoms with E-state index in [1.807, 2.05) is 18.2 Å². The smallest absolute Gasteiger partial charge is 0.0465 e. The summed E-state index contributed by atoms with van der Waals surface area (Å²) in [7, 11) is 0. The van der Waals surface area contributed by atoms with Crippen molar-refractivity contribution in [2.24, 2.45) is 0 Å². The monoisotopic (exact) mass is 285 g/mol. The van der Waals surface area contributed by atoms with Crippen molar-refractivity contribution >= 4 is 34.5 Å². The van der Waals surface area contributed by atoms with Crippen LogP contribution in [0.25, 0.3) is 0 Å². The minimum Gasteiger partial charge on any atom is -0.306 e. The Morgan fingerprint density at radius 3 is 2.53 bits per heavy atom. The number of thiophene rings is 1. The van der Waals surface area contributed by atoms with Gasteiger partial charge in [-0.05, 0) is 41.4 Å². The predicted octanol–water partition coefficient (Wildman–Crippen LogP) is 4.91. The van der Waals surface area contributed by atoms with Gasteiger partial charge in [-0.2, -0.15) is 11.3 Å². The minimum atomic E-state index is 0.300. The van der Waals surface area contributed by atoms with E-state index in [2.05, 4.69) is 29.1 Å². The normalized spacial score (nSPS) is 12.6. The highest BCUT2D eigenvalue weighted by Gasteiger charge is 2.08. The van der Waals surface area contributed by atoms with Crippen molar-refractivity contribution in [1.29, 1.82) is 0 Å². The van der Waals surface area contributed by atoms with Crippen LogP contribution in [0.15, 0.2) is 35.0 Å². The fourth-order valence-electron chi connectivity index (χ4n) is 1.60. The molecule has 1 aromatic heterocycles. The standard InChI is InChI=1S/C13H13Cl2NS/c1-9(10-5-6-17-8-10)16-7-11-12(14)3-2-4-13(11)15/h2-6,8-9,16H,7H2,1H3. The summed E-state index contributed by atoms with van der Waals surface area (Å²) in [5.41, 5.74) is 2.25. The summed E-state index contributed by atoms with van der Waals surface area (Å²) in [6.45, 7) is 2.81. The molecule has 0 fully saturated rings. The van der Waals surface area contributed by atoms with Crippen LogP contribution in [-0.4, -0.2) is 0 Å². The van der Waals surface area contributed by atoms with Crippen molar-refractivity contribution in [2.75, 3.05) is 0 Å². The van der Waals surface area contributed by atoms with E-state index in [0.717, 1.165) is 5.56 Å². The largest absolute Gasteiger partial charge is 0.306 e. The first-order valence-corrected chi connectivity index (χ1v) is 7.06. The lowest BCUT2D eigenvalue weighted by molar-refractivity contribution is 0.576. The van der Waals surface area contributed by atoms with Crippen molar-refractivity contribution in [3.63, 3.8) is 0 Å². The van der Waals surface area contributed by atoms with E-state index in [0.29, 0.717) is 22.6 Å². The molecule has 0 saturated carbocycles. The van der Waals surface area contributed by atoms with Gasteiger partial charge in [0.1, 0.15) is 0 Å². The number of hydrogen-bond donors (Lipinski definition) is 1. The third kappa shape index (κ3) is 3.23. The first-order chi connectivity index (χ1) is 8.18. The zero-order valence-corrected chi connectivity index (χ0v) is 11.7. The third-order valence-corrected chi connectivity index (χ3v) is 4.10. The molecule has 2 rings (SSSR count). The third-order valence-electron chi connectivity index (χ3n) is 2.69. The molecule has 17 heavy (non-hydrogen) atoms. The molecule has 0 radical (unpaired) electrons. The Kier molecular flexibility index (Phi) is 4.46. The van der Waals surface area contributed by atoms with E-state index >= 15 is 0 Å². The highest BCUT2D eigenvalue weighted by atomic mass is 35.5. The van der Waals surface area contributed by atoms with Crippen LogP contribution in [0.2, 0.25) is 10.0 Å². The van der Waals surface area contributed by atoms with Gasteiger partial charge in [0.15, 0.2) is 0 Å². The van der Waals surface area contributed by atoms with Crippen LogP contribution >= 0.6 is 34.5 Å². The van der Waals surface area contributed by atoms with E-state index in [1.54, 1.807) is 11.3 Å². The second-order valence-corrected chi connectivity index (χ2v) is 5.45.